The number of phosphoric acid groups is 1. The van der Waals surface area contributed by atoms with Crippen LogP contribution in [0.15, 0.2) is 34.5 Å². The number of nitrogen functional groups attached to an aromatic ring is 1. The molecule has 0 aromatic carbocycles. The van der Waals surface area contributed by atoms with Crippen molar-refractivity contribution >= 4 is 43.9 Å². The highest BCUT2D eigenvalue weighted by atomic mass is 32.7. The highest BCUT2D eigenvalue weighted by Crippen LogP contribution is 2.58. The molecule has 3 aliphatic heterocycles. The Morgan fingerprint density at radius 2 is 1.74 bits per heavy atom. The molecule has 0 amide bonds. The van der Waals surface area contributed by atoms with Gasteiger partial charge < -0.3 is 20.1 Å². The first-order valence-electron chi connectivity index (χ1n) is 12.0. The summed E-state index contributed by atoms with van der Waals surface area (Å²) in [6.07, 6.45) is -11.3. The predicted molar refractivity (Wildman–Crippen MR) is 137 cm³/mol. The number of thiol groups is 1. The summed E-state index contributed by atoms with van der Waals surface area (Å²) in [6, 6.07) is 0.939. The van der Waals surface area contributed by atoms with Gasteiger partial charge in [0, 0.05) is 12.3 Å². The molecule has 6 rings (SSSR count). The molecule has 2 bridgehead atoms. The van der Waals surface area contributed by atoms with Crippen LogP contribution in [-0.4, -0.2) is 83.9 Å². The fourth-order valence-corrected chi connectivity index (χ4v) is 7.14. The lowest BCUT2D eigenvalue weighted by Gasteiger charge is -2.26. The lowest BCUT2D eigenvalue weighted by Crippen LogP contribution is -2.37. The molecule has 228 valence electrons. The molecule has 0 aliphatic carbocycles. The van der Waals surface area contributed by atoms with E-state index in [9.17, 15) is 23.6 Å². The minimum absolute atomic E-state index is 0.00107. The minimum Gasteiger partial charge on any atom is -0.382 e. The SMILES string of the molecule is Nc1ncnc2c1ncn2[C@@H]1O[C@@H]2COP(=O)(S)O[C@@H]3[C@H](F)[C@@H](COP(=O)(O)O[C@H]2[C@H]1F)O[C@H]3n1ccc(=O)[nH]c1=O. The van der Waals surface area contributed by atoms with Crippen LogP contribution in [0.5, 0.6) is 0 Å². The molecule has 3 saturated heterocycles. The van der Waals surface area contributed by atoms with E-state index in [1.54, 1.807) is 0 Å². The van der Waals surface area contributed by atoms with Crippen molar-refractivity contribution in [1.82, 2.24) is 29.1 Å². The number of phosphoric ester groups is 1. The number of aromatic amines is 1. The van der Waals surface area contributed by atoms with E-state index in [0.717, 1.165) is 34.1 Å². The molecule has 3 fully saturated rings. The third-order valence-electron chi connectivity index (χ3n) is 6.63. The Hall–Kier alpha value is -2.58. The Kier molecular flexibility index (Phi) is 7.62. The fourth-order valence-electron chi connectivity index (χ4n) is 4.73. The van der Waals surface area contributed by atoms with Crippen LogP contribution in [0.1, 0.15) is 12.5 Å². The summed E-state index contributed by atoms with van der Waals surface area (Å²) >= 11 is 3.87. The van der Waals surface area contributed by atoms with Gasteiger partial charge in [0.25, 0.3) is 5.56 Å². The largest absolute Gasteiger partial charge is 0.472 e. The number of nitrogens with one attached hydrogen (secondary N) is 1. The van der Waals surface area contributed by atoms with Crippen molar-refractivity contribution in [3.8, 4) is 0 Å². The van der Waals surface area contributed by atoms with Gasteiger partial charge in [-0.3, -0.25) is 37.0 Å². The molecule has 3 aliphatic rings. The number of H-pyrrole nitrogens is 1. The zero-order valence-corrected chi connectivity index (χ0v) is 23.5. The molecule has 2 unspecified atom stereocenters. The molecule has 4 N–H and O–H groups in total. The molecular formula is C19H21F2N7O11P2S. The molecule has 18 nitrogen and oxygen atoms in total. The summed E-state index contributed by atoms with van der Waals surface area (Å²) in [4.78, 5) is 48.1. The first kappa shape index (κ1) is 29.5. The Morgan fingerprint density at radius 1 is 1.00 bits per heavy atom. The number of alkyl halides is 2. The molecule has 3 aromatic rings. The monoisotopic (exact) mass is 655 g/mol. The van der Waals surface area contributed by atoms with Crippen molar-refractivity contribution in [3.05, 3.63) is 45.8 Å². The van der Waals surface area contributed by atoms with Crippen molar-refractivity contribution in [3.63, 3.8) is 0 Å². The van der Waals surface area contributed by atoms with Crippen molar-refractivity contribution < 1.29 is 50.4 Å². The second kappa shape index (κ2) is 10.8. The molecule has 10 atom stereocenters. The number of nitrogens with zero attached hydrogens (tertiary/aromatic N) is 5. The molecule has 0 saturated carbocycles. The van der Waals surface area contributed by atoms with Crippen LogP contribution >= 0.6 is 26.9 Å². The number of aromatic nitrogens is 6. The van der Waals surface area contributed by atoms with Crippen LogP contribution in [0, 0.1) is 0 Å². The third-order valence-corrected chi connectivity index (χ3v) is 9.23. The summed E-state index contributed by atoms with van der Waals surface area (Å²) in [5, 5.41) is 0. The first-order valence-corrected chi connectivity index (χ1v) is 16.2. The van der Waals surface area contributed by atoms with Crippen LogP contribution in [0.2, 0.25) is 0 Å². The van der Waals surface area contributed by atoms with Crippen LogP contribution in [0.3, 0.4) is 0 Å². The maximum Gasteiger partial charge on any atom is 0.472 e. The van der Waals surface area contributed by atoms with Gasteiger partial charge in [-0.2, -0.15) is 0 Å². The Bertz CT molecular complexity index is 1730. The van der Waals surface area contributed by atoms with Crippen LogP contribution < -0.4 is 17.0 Å². The number of hydrogen-bond acceptors (Lipinski definition) is 14. The normalized spacial score (nSPS) is 39.3. The highest BCUT2D eigenvalue weighted by Gasteiger charge is 2.54. The van der Waals surface area contributed by atoms with Crippen molar-refractivity contribution in [2.45, 2.75) is 49.2 Å². The standard InChI is InChI=1S/C19H21F2N7O11P2S/c20-10-7-3-34-40(31,32)38-13-8(37-17(11(13)21)28-6-25-12-15(22)23-5-24-16(12)28)4-35-41(33,42)39-14(10)18(36-7)27-2-1-9(29)26-19(27)30/h1-2,5-8,10-11,13-14,17-18H,3-4H2,(H,31,32)(H,33,42)(H2,22,23,24)(H,26,29,30)/t7-,8-,10-,11-,13-,14-,17-,18-,41?/m1/s1. The van der Waals surface area contributed by atoms with E-state index in [1.807, 2.05) is 4.98 Å². The van der Waals surface area contributed by atoms with E-state index in [0.29, 0.717) is 0 Å². The number of anilines is 1. The van der Waals surface area contributed by atoms with Crippen molar-refractivity contribution in [1.29, 1.82) is 0 Å². The molecule has 42 heavy (non-hydrogen) atoms. The van der Waals surface area contributed by atoms with Crippen LogP contribution in [0.25, 0.3) is 11.2 Å². The van der Waals surface area contributed by atoms with Crippen molar-refractivity contribution in [2.75, 3.05) is 18.9 Å². The van der Waals surface area contributed by atoms with E-state index in [4.69, 9.17) is 33.3 Å². The number of hydrogen-bond donors (Lipinski definition) is 4. The maximum atomic E-state index is 15.8. The Balaban J connectivity index is 1.31. The van der Waals surface area contributed by atoms with Gasteiger partial charge in [-0.15, -0.1) is 0 Å². The summed E-state index contributed by atoms with van der Waals surface area (Å²) in [5.74, 6) is 0.00107. The Labute approximate surface area is 237 Å². The number of imidazole rings is 1. The van der Waals surface area contributed by atoms with Gasteiger partial charge >= 0.3 is 20.3 Å². The predicted octanol–water partition coefficient (Wildman–Crippen LogP) is 0.385. The van der Waals surface area contributed by atoms with Gasteiger partial charge in [0.2, 0.25) is 0 Å². The molecule has 23 heteroatoms. The molecule has 0 radical (unpaired) electrons. The fraction of sp³-hybridized carbons (Fsp3) is 0.526. The van der Waals surface area contributed by atoms with E-state index >= 15 is 8.78 Å². The molecular weight excluding hydrogens is 634 g/mol. The third kappa shape index (κ3) is 5.45. The van der Waals surface area contributed by atoms with E-state index < -0.39 is 88.3 Å². The van der Waals surface area contributed by atoms with E-state index in [2.05, 4.69) is 27.2 Å². The highest BCUT2D eigenvalue weighted by molar-refractivity contribution is 8.44. The maximum absolute atomic E-state index is 15.8. The number of fused-ring (bicyclic) bond motifs is 4. The molecule has 0 spiro atoms. The second-order valence-electron chi connectivity index (χ2n) is 9.29. The lowest BCUT2D eigenvalue weighted by molar-refractivity contribution is -0.0635. The number of ether oxygens (including phenoxy) is 2. The smallest absolute Gasteiger partial charge is 0.382 e. The van der Waals surface area contributed by atoms with E-state index in [-0.39, 0.29) is 17.0 Å². The van der Waals surface area contributed by atoms with Crippen LogP contribution in [-0.2, 0) is 36.7 Å². The number of rotatable bonds is 2. The molecule has 3 aromatic heterocycles. The minimum atomic E-state index is -5.16. The summed E-state index contributed by atoms with van der Waals surface area (Å²) in [5.41, 5.74) is 4.20. The summed E-state index contributed by atoms with van der Waals surface area (Å²) in [6.45, 7) is -6.30. The topological polar surface area (TPSA) is 234 Å². The Morgan fingerprint density at radius 3 is 2.50 bits per heavy atom. The number of halogens is 2. The summed E-state index contributed by atoms with van der Waals surface area (Å²) < 4.78 is 91.0. The average molecular weight is 655 g/mol. The summed E-state index contributed by atoms with van der Waals surface area (Å²) in [7, 11) is -5.16. The average Bonchev–Trinajstić information content (AvgIpc) is 3.57. The zero-order chi connectivity index (χ0) is 30.0. The molecule has 6 heterocycles. The van der Waals surface area contributed by atoms with Gasteiger partial charge in [0.05, 0.1) is 19.5 Å². The van der Waals surface area contributed by atoms with Crippen LogP contribution in [0.4, 0.5) is 14.6 Å². The zero-order valence-electron chi connectivity index (χ0n) is 20.8. The van der Waals surface area contributed by atoms with Gasteiger partial charge in [0.1, 0.15) is 36.3 Å². The van der Waals surface area contributed by atoms with Gasteiger partial charge in [-0.05, 0) is 0 Å². The second-order valence-corrected chi connectivity index (χ2v) is 13.6. The van der Waals surface area contributed by atoms with E-state index in [1.165, 1.54) is 0 Å². The number of nitrogens with two attached hydrogens (primary N) is 1. The lowest BCUT2D eigenvalue weighted by atomic mass is 10.1. The van der Waals surface area contributed by atoms with Gasteiger partial charge in [-0.25, -0.2) is 37.7 Å². The van der Waals surface area contributed by atoms with Gasteiger partial charge in [-0.1, -0.05) is 12.2 Å². The quantitative estimate of drug-likeness (QED) is 0.216. The van der Waals surface area contributed by atoms with Crippen molar-refractivity contribution in [2.24, 2.45) is 0 Å². The first-order chi connectivity index (χ1) is 19.8. The van der Waals surface area contributed by atoms with Gasteiger partial charge in [0.15, 0.2) is 36.3 Å².